The molecule has 0 heterocycles. The summed E-state index contributed by atoms with van der Waals surface area (Å²) in [5.74, 6) is 0. The summed E-state index contributed by atoms with van der Waals surface area (Å²) >= 11 is 0. The van der Waals surface area contributed by atoms with E-state index in [0.717, 1.165) is 12.1 Å². The molecule has 2 aromatic rings. The highest BCUT2D eigenvalue weighted by Crippen LogP contribution is 2.34. The minimum atomic E-state index is -4.92. The highest BCUT2D eigenvalue weighted by atomic mass is 32.2. The average molecular weight is 438 g/mol. The second-order valence-electron chi connectivity index (χ2n) is 5.30. The first kappa shape index (κ1) is 20.7. The number of benzene rings is 2. The van der Waals surface area contributed by atoms with Gasteiger partial charge in [-0.15, -0.1) is 0 Å². The molecule has 0 radical (unpaired) electrons. The van der Waals surface area contributed by atoms with E-state index in [2.05, 4.69) is 0 Å². The molecule has 0 bridgehead atoms. The Hall–Kier alpha value is -2.59. The van der Waals surface area contributed by atoms with Crippen molar-refractivity contribution in [2.24, 2.45) is 0 Å². The zero-order valence-electron chi connectivity index (χ0n) is 13.2. The van der Waals surface area contributed by atoms with Crippen molar-refractivity contribution >= 4 is 52.8 Å². The van der Waals surface area contributed by atoms with Crippen molar-refractivity contribution in [1.29, 1.82) is 0 Å². The molecule has 0 fully saturated rings. The summed E-state index contributed by atoms with van der Waals surface area (Å²) in [5, 5.41) is 0. The summed E-state index contributed by atoms with van der Waals surface area (Å²) in [7, 11) is -14.4. The van der Waals surface area contributed by atoms with Crippen LogP contribution in [0.2, 0.25) is 0 Å². The average Bonchev–Trinajstić information content (AvgIpc) is 2.49. The maximum atomic E-state index is 12.8. The predicted molar refractivity (Wildman–Crippen MR) is 95.6 cm³/mol. The van der Waals surface area contributed by atoms with E-state index in [0.29, 0.717) is 12.1 Å². The van der Waals surface area contributed by atoms with Crippen molar-refractivity contribution in [3.05, 3.63) is 24.3 Å². The van der Waals surface area contributed by atoms with E-state index < -0.39 is 72.4 Å². The number of anilines is 4. The molecule has 0 saturated heterocycles. The van der Waals surface area contributed by atoms with Gasteiger partial charge in [0.25, 0.3) is 20.2 Å². The molecular weight excluding hydrogens is 424 g/mol. The molecule has 0 aromatic heterocycles. The Morgan fingerprint density at radius 3 is 1.15 bits per heavy atom. The van der Waals surface area contributed by atoms with Crippen LogP contribution in [-0.4, -0.2) is 34.4 Å². The number of hydrogen-bond donors (Lipinski definition) is 6. The SMILES string of the molecule is Nc1cc(S(=O)(=O)c2cc(N)c(N)c(S(=O)(=O)O)c2)cc(S(=O)(=O)O)c1N. The van der Waals surface area contributed by atoms with E-state index in [4.69, 9.17) is 22.9 Å². The molecule has 148 valence electrons. The van der Waals surface area contributed by atoms with Crippen LogP contribution in [-0.2, 0) is 30.1 Å². The number of rotatable bonds is 4. The zero-order valence-corrected chi connectivity index (χ0v) is 15.6. The van der Waals surface area contributed by atoms with Gasteiger partial charge in [-0.3, -0.25) is 9.11 Å². The topological polar surface area (TPSA) is 247 Å². The van der Waals surface area contributed by atoms with Crippen LogP contribution in [0.25, 0.3) is 0 Å². The second kappa shape index (κ2) is 6.24. The smallest absolute Gasteiger partial charge is 0.296 e. The lowest BCUT2D eigenvalue weighted by molar-refractivity contribution is 0.481. The van der Waals surface area contributed by atoms with Gasteiger partial charge in [0.15, 0.2) is 0 Å². The normalized spacial score (nSPS) is 12.8. The van der Waals surface area contributed by atoms with Gasteiger partial charge in [-0.1, -0.05) is 0 Å². The van der Waals surface area contributed by atoms with Crippen LogP contribution in [0.5, 0.6) is 0 Å². The van der Waals surface area contributed by atoms with Crippen molar-refractivity contribution < 1.29 is 34.4 Å². The van der Waals surface area contributed by atoms with Crippen LogP contribution in [0.4, 0.5) is 22.7 Å². The lowest BCUT2D eigenvalue weighted by Gasteiger charge is -2.13. The van der Waals surface area contributed by atoms with Crippen LogP contribution in [0.15, 0.2) is 43.8 Å². The highest BCUT2D eigenvalue weighted by molar-refractivity contribution is 7.91. The van der Waals surface area contributed by atoms with Gasteiger partial charge in [0.1, 0.15) is 9.79 Å². The van der Waals surface area contributed by atoms with Crippen molar-refractivity contribution in [3.8, 4) is 0 Å². The van der Waals surface area contributed by atoms with Crippen LogP contribution in [0.3, 0.4) is 0 Å². The van der Waals surface area contributed by atoms with Gasteiger partial charge < -0.3 is 22.9 Å². The van der Waals surface area contributed by atoms with E-state index >= 15 is 0 Å². The summed E-state index contributed by atoms with van der Waals surface area (Å²) in [6.07, 6.45) is 0. The molecule has 2 aromatic carbocycles. The van der Waals surface area contributed by atoms with Gasteiger partial charge in [-0.2, -0.15) is 16.8 Å². The Morgan fingerprint density at radius 2 is 0.889 bits per heavy atom. The maximum Gasteiger partial charge on any atom is 0.296 e. The lowest BCUT2D eigenvalue weighted by atomic mass is 10.3. The Bertz CT molecular complexity index is 1170. The monoisotopic (exact) mass is 438 g/mol. The minimum Gasteiger partial charge on any atom is -0.397 e. The summed E-state index contributed by atoms with van der Waals surface area (Å²) in [4.78, 5) is -3.38. The van der Waals surface area contributed by atoms with Crippen LogP contribution in [0.1, 0.15) is 0 Å². The Morgan fingerprint density at radius 1 is 0.593 bits per heavy atom. The van der Waals surface area contributed by atoms with Crippen molar-refractivity contribution in [2.75, 3.05) is 22.9 Å². The maximum absolute atomic E-state index is 12.8. The quantitative estimate of drug-likeness (QED) is 0.257. The van der Waals surface area contributed by atoms with E-state index in [9.17, 15) is 34.4 Å². The first-order chi connectivity index (χ1) is 12.1. The third kappa shape index (κ3) is 3.76. The Labute approximate surface area is 154 Å². The first-order valence-electron chi connectivity index (χ1n) is 6.65. The molecule has 12 nitrogen and oxygen atoms in total. The molecule has 15 heteroatoms. The van der Waals surface area contributed by atoms with Crippen LogP contribution < -0.4 is 22.9 Å². The molecule has 0 amide bonds. The fraction of sp³-hybridized carbons (Fsp3) is 0. The van der Waals surface area contributed by atoms with Crippen molar-refractivity contribution in [2.45, 2.75) is 19.6 Å². The van der Waals surface area contributed by atoms with Crippen molar-refractivity contribution in [1.82, 2.24) is 0 Å². The molecule has 0 atom stereocenters. The fourth-order valence-electron chi connectivity index (χ4n) is 2.12. The van der Waals surface area contributed by atoms with Gasteiger partial charge in [0.2, 0.25) is 9.84 Å². The van der Waals surface area contributed by atoms with E-state index in [1.807, 2.05) is 0 Å². The van der Waals surface area contributed by atoms with Crippen LogP contribution >= 0.6 is 0 Å². The van der Waals surface area contributed by atoms with Crippen molar-refractivity contribution in [3.63, 3.8) is 0 Å². The predicted octanol–water partition coefficient (Wildman–Crippen LogP) is -0.658. The highest BCUT2D eigenvalue weighted by Gasteiger charge is 2.27. The third-order valence-corrected chi connectivity index (χ3v) is 6.97. The fourth-order valence-corrected chi connectivity index (χ4v) is 4.99. The third-order valence-electron chi connectivity index (χ3n) is 3.47. The zero-order chi connectivity index (χ0) is 20.9. The lowest BCUT2D eigenvalue weighted by Crippen LogP contribution is -2.12. The molecule has 0 aliphatic heterocycles. The molecule has 0 aliphatic carbocycles. The summed E-state index contributed by atoms with van der Waals surface area (Å²) in [6.45, 7) is 0. The van der Waals surface area contributed by atoms with Crippen LogP contribution in [0, 0.1) is 0 Å². The Kier molecular flexibility index (Phi) is 4.79. The summed E-state index contributed by atoms with van der Waals surface area (Å²) in [5.41, 5.74) is 19.8. The molecule has 0 spiro atoms. The molecule has 10 N–H and O–H groups in total. The van der Waals surface area contributed by atoms with E-state index in [1.54, 1.807) is 0 Å². The second-order valence-corrected chi connectivity index (χ2v) is 10.0. The molecule has 0 unspecified atom stereocenters. The number of nitrogen functional groups attached to an aromatic ring is 4. The van der Waals surface area contributed by atoms with Gasteiger partial charge in [-0.05, 0) is 24.3 Å². The minimum absolute atomic E-state index is 0.470. The molecular formula is C12H14N4O8S3. The molecule has 0 aliphatic rings. The Balaban J connectivity index is 2.86. The summed E-state index contributed by atoms with van der Waals surface area (Å²) < 4.78 is 89.4. The molecule has 2 rings (SSSR count). The number of hydrogen-bond acceptors (Lipinski definition) is 10. The van der Waals surface area contributed by atoms with Gasteiger partial charge in [0, 0.05) is 0 Å². The van der Waals surface area contributed by atoms with E-state index in [-0.39, 0.29) is 0 Å². The summed E-state index contributed by atoms with van der Waals surface area (Å²) in [6, 6.07) is 2.68. The number of nitrogens with two attached hydrogens (primary N) is 4. The number of sulfone groups is 1. The van der Waals surface area contributed by atoms with Gasteiger partial charge >= 0.3 is 0 Å². The molecule has 0 saturated carbocycles. The van der Waals surface area contributed by atoms with E-state index in [1.165, 1.54) is 0 Å². The molecule has 27 heavy (non-hydrogen) atoms. The van der Waals surface area contributed by atoms with Gasteiger partial charge in [-0.25, -0.2) is 8.42 Å². The van der Waals surface area contributed by atoms with Gasteiger partial charge in [0.05, 0.1) is 32.5 Å². The standard InChI is InChI=1S/C12H14N4O8S3/c13-7-1-5(3-9(11(7)15)26(19,20)21)25(17,18)6-2-8(14)12(16)10(4-6)27(22,23)24/h1-4H,13-16H2,(H,19,20,21)(H,22,23,24). The first-order valence-corrected chi connectivity index (χ1v) is 11.0. The largest absolute Gasteiger partial charge is 0.397 e.